The smallest absolute Gasteiger partial charge is 0.408 e. The lowest BCUT2D eigenvalue weighted by molar-refractivity contribution is -0.167. The van der Waals surface area contributed by atoms with Crippen molar-refractivity contribution in [3.8, 4) is 0 Å². The number of carbonyl (C=O) groups is 11. The van der Waals surface area contributed by atoms with Gasteiger partial charge in [-0.05, 0) is 141 Å². The number of nitrogens with two attached hydrogens (primary N) is 1. The fourth-order valence-electron chi connectivity index (χ4n) is 13.4. The number of nitrogens with zero attached hydrogens (tertiary/aromatic N) is 3. The Kier molecular flexibility index (Phi) is 30.5. The summed E-state index contributed by atoms with van der Waals surface area (Å²) in [6.45, 7) is 21.0. The molecule has 1 unspecified atom stereocenters. The number of ketones is 1. The van der Waals surface area contributed by atoms with E-state index in [9.17, 15) is 57.8 Å². The number of anilines is 1. The zero-order valence-electron chi connectivity index (χ0n) is 61.1. The number of aliphatic hydroxyl groups is 1. The Bertz CT molecular complexity index is 3190. The van der Waals surface area contributed by atoms with Crippen molar-refractivity contribution in [2.75, 3.05) is 32.0 Å². The number of amides is 9. The maximum Gasteiger partial charge on any atom is 0.408 e. The molecule has 1 saturated carbocycles. The van der Waals surface area contributed by atoms with E-state index in [2.05, 4.69) is 36.9 Å². The van der Waals surface area contributed by atoms with Gasteiger partial charge in [-0.2, -0.15) is 0 Å². The Labute approximate surface area is 593 Å². The van der Waals surface area contributed by atoms with Crippen LogP contribution in [0.15, 0.2) is 36.0 Å². The van der Waals surface area contributed by atoms with Crippen molar-refractivity contribution in [1.82, 2.24) is 41.4 Å². The third-order valence-electron chi connectivity index (χ3n) is 20.2. The van der Waals surface area contributed by atoms with Gasteiger partial charge in [0.2, 0.25) is 35.4 Å². The first-order valence-electron chi connectivity index (χ1n) is 35.8. The molecule has 100 heavy (non-hydrogen) atoms. The van der Waals surface area contributed by atoms with E-state index in [0.29, 0.717) is 62.9 Å². The fraction of sp³-hybridized carbons (Fsp3) is 0.699. The van der Waals surface area contributed by atoms with Crippen LogP contribution in [0.1, 0.15) is 214 Å². The van der Waals surface area contributed by atoms with Crippen LogP contribution in [0.3, 0.4) is 0 Å². The van der Waals surface area contributed by atoms with Gasteiger partial charge in [-0.25, -0.2) is 19.4 Å². The molecule has 1 aromatic carbocycles. The van der Waals surface area contributed by atoms with Crippen LogP contribution in [0, 0.1) is 36.0 Å². The number of piperidine rings is 1. The van der Waals surface area contributed by atoms with E-state index >= 15 is 0 Å². The van der Waals surface area contributed by atoms with E-state index in [4.69, 9.17) is 24.7 Å². The molecular weight excluding hydrogens is 1300 g/mol. The van der Waals surface area contributed by atoms with Gasteiger partial charge in [0.05, 0.1) is 40.6 Å². The van der Waals surface area contributed by atoms with E-state index in [1.54, 1.807) is 70.0 Å². The van der Waals surface area contributed by atoms with Crippen molar-refractivity contribution in [2.45, 2.75) is 271 Å². The average Bonchev–Trinajstić information content (AvgIpc) is 1.61. The van der Waals surface area contributed by atoms with Crippen LogP contribution in [0.2, 0.25) is 0 Å². The van der Waals surface area contributed by atoms with Crippen molar-refractivity contribution in [3.05, 3.63) is 51.5 Å². The van der Waals surface area contributed by atoms with Crippen molar-refractivity contribution >= 4 is 88.4 Å². The van der Waals surface area contributed by atoms with Crippen molar-refractivity contribution in [3.63, 3.8) is 0 Å². The van der Waals surface area contributed by atoms with E-state index < -0.39 is 125 Å². The van der Waals surface area contributed by atoms with Gasteiger partial charge in [0.25, 0.3) is 0 Å². The number of hydrogen-bond donors (Lipinski definition) is 8. The van der Waals surface area contributed by atoms with Crippen LogP contribution in [-0.2, 0) is 68.7 Å². The van der Waals surface area contributed by atoms with E-state index in [0.717, 1.165) is 46.0 Å². The molecule has 1 aliphatic carbocycles. The molecule has 3 saturated heterocycles. The molecule has 556 valence electrons. The second kappa shape index (κ2) is 37.4. The van der Waals surface area contributed by atoms with Crippen LogP contribution in [0.5, 0.6) is 0 Å². The molecule has 3 aliphatic heterocycles. The van der Waals surface area contributed by atoms with Crippen LogP contribution in [0.4, 0.5) is 15.3 Å². The lowest BCUT2D eigenvalue weighted by Crippen LogP contribution is -2.58. The number of urea groups is 1. The number of aryl methyl sites for hydroxylation is 1. The summed E-state index contributed by atoms with van der Waals surface area (Å²) in [5, 5.41) is 29.1. The molecule has 4 heterocycles. The van der Waals surface area contributed by atoms with Gasteiger partial charge in [-0.1, -0.05) is 92.2 Å². The number of aliphatic hydroxyl groups excluding tert-OH is 1. The highest BCUT2D eigenvalue weighted by Gasteiger charge is 2.53. The zero-order valence-corrected chi connectivity index (χ0v) is 61.9. The first-order chi connectivity index (χ1) is 47.1. The number of primary amides is 1. The number of aromatic nitrogens is 1. The number of rotatable bonds is 25. The number of nitrogens with one attached hydrogen (secondary N) is 6. The summed E-state index contributed by atoms with van der Waals surface area (Å²) in [5.74, 6) is -6.20. The Morgan fingerprint density at radius 1 is 0.890 bits per heavy atom. The highest BCUT2D eigenvalue weighted by atomic mass is 32.1. The summed E-state index contributed by atoms with van der Waals surface area (Å²) in [4.78, 5) is 157. The monoisotopic (exact) mass is 1420 g/mol. The number of ether oxygens (including phenoxy) is 4. The Hall–Kier alpha value is -7.52. The zero-order chi connectivity index (χ0) is 73.8. The van der Waals surface area contributed by atoms with Crippen LogP contribution < -0.4 is 37.6 Å². The first kappa shape index (κ1) is 81.4. The Morgan fingerprint density at radius 2 is 1.55 bits per heavy atom. The molecule has 0 radical (unpaired) electrons. The largest absolute Gasteiger partial charge is 0.460 e. The average molecular weight is 1420 g/mol. The minimum Gasteiger partial charge on any atom is -0.460 e. The van der Waals surface area contributed by atoms with Gasteiger partial charge in [0.1, 0.15) is 48.3 Å². The van der Waals surface area contributed by atoms with Crippen LogP contribution >= 0.6 is 11.3 Å². The maximum absolute atomic E-state index is 14.5. The minimum absolute atomic E-state index is 0.0232. The highest BCUT2D eigenvalue weighted by molar-refractivity contribution is 7.12. The SMILES string of the molecule is C/C(=C\c1cnc(C)s1)[C@@H]1C[C@@H]2O[C@]2(C)CCC[C@H](C)C(OC(=O)[C@H](C)N(C)C(=O)C(C)(C)NC(=O)OCc2ccc(NC(=O)[C@H](CCCNC(N)=O)NC(=O)[C@@H](NC(=O)CCCC(=O)N3CCC(C(=O)NC4CCCCCCC4)CC3)C(C)C)cc2)[C@@H](C)C(=O)C(C)(C)[C@@H](O)CC(=O)O1. The Morgan fingerprint density at radius 3 is 2.18 bits per heavy atom. The molecule has 26 nitrogen and oxygen atoms in total. The number of likely N-dealkylation sites (tertiary alicyclic amines) is 1. The first-order valence-corrected chi connectivity index (χ1v) is 36.6. The second-order valence-electron chi connectivity index (χ2n) is 29.6. The predicted molar refractivity (Wildman–Crippen MR) is 377 cm³/mol. The number of cyclic esters (lactones) is 1. The topological polar surface area (TPSA) is 366 Å². The molecule has 9 N–H and O–H groups in total. The van der Waals surface area contributed by atoms with Gasteiger partial charge >= 0.3 is 24.1 Å². The van der Waals surface area contributed by atoms with Gasteiger partial charge in [-0.3, -0.25) is 38.4 Å². The second-order valence-corrected chi connectivity index (χ2v) is 30.9. The number of esters is 2. The molecule has 9 amide bonds. The fourth-order valence-corrected chi connectivity index (χ4v) is 14.2. The number of thiazole rings is 1. The number of epoxide rings is 1. The van der Waals surface area contributed by atoms with Crippen molar-refractivity contribution in [1.29, 1.82) is 0 Å². The number of fused-ring (bicyclic) bond motifs is 1. The highest BCUT2D eigenvalue weighted by Crippen LogP contribution is 2.45. The minimum atomic E-state index is -1.62. The van der Waals surface area contributed by atoms with E-state index in [1.165, 1.54) is 58.4 Å². The number of benzene rings is 1. The molecule has 0 bridgehead atoms. The van der Waals surface area contributed by atoms with E-state index in [1.807, 2.05) is 33.8 Å². The molecule has 27 heteroatoms. The van der Waals surface area contributed by atoms with Crippen molar-refractivity contribution in [2.24, 2.45) is 34.8 Å². The number of Topliss-reactive ketones (excluding diaryl/α,β-unsaturated/α-hetero) is 1. The predicted octanol–water partition coefficient (Wildman–Crippen LogP) is 8.23. The summed E-state index contributed by atoms with van der Waals surface area (Å²) in [6.07, 6.45) is 10.8. The lowest BCUT2D eigenvalue weighted by Gasteiger charge is -2.37. The Balaban J connectivity index is 0.976. The summed E-state index contributed by atoms with van der Waals surface area (Å²) in [5.41, 5.74) is 3.24. The molecule has 10 atom stereocenters. The summed E-state index contributed by atoms with van der Waals surface area (Å²) >= 11 is 1.51. The molecule has 4 fully saturated rings. The molecular formula is C73H112N10O16S. The molecule has 6 rings (SSSR count). The maximum atomic E-state index is 14.5. The van der Waals surface area contributed by atoms with Gasteiger partial charge in [-0.15, -0.1) is 11.3 Å². The van der Waals surface area contributed by atoms with Crippen LogP contribution in [0.25, 0.3) is 6.08 Å². The van der Waals surface area contributed by atoms with Gasteiger partial charge in [0, 0.05) is 74.7 Å². The van der Waals surface area contributed by atoms with E-state index in [-0.39, 0.29) is 81.1 Å². The van der Waals surface area contributed by atoms with Crippen molar-refractivity contribution < 1.29 is 76.8 Å². The summed E-state index contributed by atoms with van der Waals surface area (Å²) in [6, 6.07) is 2.34. The quantitative estimate of drug-likeness (QED) is 0.0201. The summed E-state index contributed by atoms with van der Waals surface area (Å²) < 4.78 is 24.0. The number of likely N-dealkylation sites (N-methyl/N-ethyl adjacent to an activating group) is 1. The number of hydrogen-bond acceptors (Lipinski definition) is 18. The van der Waals surface area contributed by atoms with Gasteiger partial charge < -0.3 is 71.5 Å². The normalized spacial score (nSPS) is 23.9. The molecule has 4 aliphatic rings. The number of alkyl carbamates (subject to hydrolysis) is 1. The summed E-state index contributed by atoms with van der Waals surface area (Å²) in [7, 11) is 1.39. The van der Waals surface area contributed by atoms with Gasteiger partial charge in [0.15, 0.2) is 0 Å². The van der Waals surface area contributed by atoms with Crippen LogP contribution in [-0.4, -0.2) is 172 Å². The lowest BCUT2D eigenvalue weighted by atomic mass is 9.72. The third kappa shape index (κ3) is 24.4. The standard InChI is InChI=1S/C73H112N10O16S/c1-43(2)61(80-58(85)26-19-27-59(86)83-36-32-50(33-37-83)64(89)77-51-23-17-15-14-16-18-24-51)66(91)79-54(25-21-35-75-69(74)94)65(90)78-52-30-28-49(29-31-52)42-96-70(95)81-72(10,11)68(93)82(13)47(6)67(92)98-62-44(3)22-20-34-73(12)57(99-73)39-55(45(4)38-53-41-76-48(7)100-53)97-60(87)40-56(84)71(8,9)63(88)46(62)5/h28-31,38,41,43-44,46-47,50-51,54-57,61-62,84H,14-27,32-37,39-40,42H2,1-13H3,(H,77,89)(H,78,90)(H,79,91)(H,80,85)(H,81,95)(H3,74,75,94)/b45-38+/t44-,46+,47-,54-,55-,56-,57-,61-,62?,73+/m0/s1. The molecule has 2 aromatic rings. The third-order valence-corrected chi connectivity index (χ3v) is 21.1. The molecule has 0 spiro atoms. The number of carbonyl (C=O) groups excluding carboxylic acids is 11. The molecule has 1 aromatic heterocycles.